The zero-order valence-corrected chi connectivity index (χ0v) is 21.2. The molecule has 0 fully saturated rings. The molecule has 0 radical (unpaired) electrons. The third-order valence-corrected chi connectivity index (χ3v) is 7.48. The predicted molar refractivity (Wildman–Crippen MR) is 139 cm³/mol. The predicted octanol–water partition coefficient (Wildman–Crippen LogP) is 5.96. The van der Waals surface area contributed by atoms with E-state index in [4.69, 9.17) is 14.2 Å². The Hall–Kier alpha value is -3.23. The molecule has 0 saturated carbocycles. The van der Waals surface area contributed by atoms with Crippen molar-refractivity contribution in [3.8, 4) is 17.2 Å². The van der Waals surface area contributed by atoms with Crippen molar-refractivity contribution in [1.82, 2.24) is 4.98 Å². The Morgan fingerprint density at radius 2 is 1.65 bits per heavy atom. The summed E-state index contributed by atoms with van der Waals surface area (Å²) in [6.07, 6.45) is 0. The quantitative estimate of drug-likeness (QED) is 0.268. The van der Waals surface area contributed by atoms with E-state index in [1.165, 1.54) is 17.3 Å². The van der Waals surface area contributed by atoms with Gasteiger partial charge in [-0.1, -0.05) is 53.7 Å². The van der Waals surface area contributed by atoms with Gasteiger partial charge in [0.05, 0.1) is 49.5 Å². The van der Waals surface area contributed by atoms with Crippen molar-refractivity contribution in [2.24, 2.45) is 0 Å². The summed E-state index contributed by atoms with van der Waals surface area (Å²) in [4.78, 5) is 19.9. The molecular weight excluding hydrogens is 468 g/mol. The molecule has 4 rings (SSSR count). The van der Waals surface area contributed by atoms with Crippen LogP contribution in [0.15, 0.2) is 65.0 Å². The lowest BCUT2D eigenvalue weighted by Gasteiger charge is -2.25. The van der Waals surface area contributed by atoms with Crippen LogP contribution in [0, 0.1) is 6.92 Å². The monoisotopic (exact) mass is 494 g/mol. The highest BCUT2D eigenvalue weighted by Crippen LogP contribution is 2.41. The van der Waals surface area contributed by atoms with Crippen LogP contribution in [0.25, 0.3) is 10.2 Å². The first-order chi connectivity index (χ1) is 16.5. The number of thioether (sulfide) groups is 1. The average Bonchev–Trinajstić information content (AvgIpc) is 3.29. The second kappa shape index (κ2) is 10.8. The highest BCUT2D eigenvalue weighted by molar-refractivity contribution is 8.01. The number of carbonyl (C=O) groups is 1. The first-order valence-electron chi connectivity index (χ1n) is 10.7. The second-order valence-corrected chi connectivity index (χ2v) is 9.84. The summed E-state index contributed by atoms with van der Waals surface area (Å²) in [5.41, 5.74) is 3.81. The molecule has 1 amide bonds. The van der Waals surface area contributed by atoms with Gasteiger partial charge in [0.15, 0.2) is 15.8 Å². The lowest BCUT2D eigenvalue weighted by atomic mass is 10.1. The molecule has 0 N–H and O–H groups in total. The second-order valence-electron chi connectivity index (χ2n) is 7.59. The lowest BCUT2D eigenvalue weighted by Crippen LogP contribution is -2.32. The topological polar surface area (TPSA) is 60.9 Å². The van der Waals surface area contributed by atoms with Gasteiger partial charge in [-0.15, -0.1) is 11.3 Å². The van der Waals surface area contributed by atoms with Crippen LogP contribution in [0.3, 0.4) is 0 Å². The minimum atomic E-state index is -0.0425. The van der Waals surface area contributed by atoms with Gasteiger partial charge in [-0.3, -0.25) is 4.79 Å². The maximum Gasteiger partial charge on any atom is 0.237 e. The number of ether oxygens (including phenoxy) is 3. The van der Waals surface area contributed by atoms with E-state index in [1.807, 2.05) is 55.5 Å². The molecule has 0 saturated heterocycles. The van der Waals surface area contributed by atoms with E-state index in [0.29, 0.717) is 29.5 Å². The number of methoxy groups -OCH3 is 3. The fourth-order valence-corrected chi connectivity index (χ4v) is 5.48. The molecule has 8 heteroatoms. The van der Waals surface area contributed by atoms with Crippen LogP contribution in [-0.2, 0) is 11.3 Å². The van der Waals surface area contributed by atoms with E-state index in [2.05, 4.69) is 4.98 Å². The first-order valence-corrected chi connectivity index (χ1v) is 12.5. The number of aryl methyl sites for hydroxylation is 1. The summed E-state index contributed by atoms with van der Waals surface area (Å²) >= 11 is 3.04. The minimum Gasteiger partial charge on any atom is -0.493 e. The lowest BCUT2D eigenvalue weighted by molar-refractivity contribution is -0.116. The molecular formula is C26H26N2O4S2. The van der Waals surface area contributed by atoms with Crippen molar-refractivity contribution in [3.05, 3.63) is 71.8 Å². The number of carbonyl (C=O) groups excluding carboxylic acids is 1. The zero-order chi connectivity index (χ0) is 24.1. The van der Waals surface area contributed by atoms with Crippen molar-refractivity contribution in [2.75, 3.05) is 32.0 Å². The molecule has 0 aliphatic rings. The Kier molecular flexibility index (Phi) is 7.59. The van der Waals surface area contributed by atoms with E-state index in [9.17, 15) is 4.79 Å². The van der Waals surface area contributed by atoms with E-state index in [-0.39, 0.29) is 11.7 Å². The average molecular weight is 495 g/mol. The molecule has 0 aliphatic carbocycles. The largest absolute Gasteiger partial charge is 0.493 e. The summed E-state index contributed by atoms with van der Waals surface area (Å²) in [5.74, 6) is 1.69. The summed E-state index contributed by atoms with van der Waals surface area (Å²) < 4.78 is 18.5. The van der Waals surface area contributed by atoms with Crippen LogP contribution < -0.4 is 19.1 Å². The molecule has 0 bridgehead atoms. The van der Waals surface area contributed by atoms with Crippen molar-refractivity contribution >= 4 is 44.9 Å². The Balaban J connectivity index is 1.64. The van der Waals surface area contributed by atoms with Crippen molar-refractivity contribution in [3.63, 3.8) is 0 Å². The number of fused-ring (bicyclic) bond motifs is 1. The highest BCUT2D eigenvalue weighted by Gasteiger charge is 2.22. The number of aromatic nitrogens is 1. The van der Waals surface area contributed by atoms with E-state index >= 15 is 0 Å². The molecule has 0 atom stereocenters. The summed E-state index contributed by atoms with van der Waals surface area (Å²) in [7, 11) is 4.69. The fraction of sp³-hybridized carbons (Fsp3) is 0.231. The number of amides is 1. The van der Waals surface area contributed by atoms with E-state index in [1.54, 1.807) is 49.7 Å². The summed E-state index contributed by atoms with van der Waals surface area (Å²) in [5, 5.41) is 0. The Morgan fingerprint density at radius 3 is 2.26 bits per heavy atom. The van der Waals surface area contributed by atoms with Crippen LogP contribution in [0.4, 0.5) is 5.69 Å². The highest BCUT2D eigenvalue weighted by atomic mass is 32.2. The smallest absolute Gasteiger partial charge is 0.237 e. The Bertz CT molecular complexity index is 1230. The van der Waals surface area contributed by atoms with Gasteiger partial charge in [0.25, 0.3) is 0 Å². The fourth-order valence-electron chi connectivity index (χ4n) is 3.54. The normalized spacial score (nSPS) is 10.8. The van der Waals surface area contributed by atoms with E-state index in [0.717, 1.165) is 20.1 Å². The van der Waals surface area contributed by atoms with Crippen LogP contribution in [0.1, 0.15) is 11.1 Å². The minimum absolute atomic E-state index is 0.0425. The summed E-state index contributed by atoms with van der Waals surface area (Å²) in [6, 6.07) is 19.7. The van der Waals surface area contributed by atoms with Crippen molar-refractivity contribution < 1.29 is 19.0 Å². The zero-order valence-electron chi connectivity index (χ0n) is 19.5. The van der Waals surface area contributed by atoms with Crippen LogP contribution in [-0.4, -0.2) is 38.0 Å². The SMILES string of the molecule is COc1cc(N(Cc2ccc(C)cc2)C(=O)CSc2nc3ccccc3s2)cc(OC)c1OC. The number of benzene rings is 3. The van der Waals surface area contributed by atoms with Crippen molar-refractivity contribution in [2.45, 2.75) is 17.8 Å². The van der Waals surface area contributed by atoms with Gasteiger partial charge in [0, 0.05) is 12.1 Å². The molecule has 3 aromatic carbocycles. The van der Waals surface area contributed by atoms with Gasteiger partial charge in [0.1, 0.15) is 0 Å². The number of thiazole rings is 1. The number of nitrogens with zero attached hydrogens (tertiary/aromatic N) is 2. The third-order valence-electron chi connectivity index (χ3n) is 5.32. The van der Waals surface area contributed by atoms with Gasteiger partial charge in [-0.25, -0.2) is 4.98 Å². The molecule has 0 unspecified atom stereocenters. The van der Waals surface area contributed by atoms with Crippen molar-refractivity contribution in [1.29, 1.82) is 0 Å². The van der Waals surface area contributed by atoms with Crippen LogP contribution >= 0.6 is 23.1 Å². The number of anilines is 1. The van der Waals surface area contributed by atoms with E-state index < -0.39 is 0 Å². The number of hydrogen-bond donors (Lipinski definition) is 0. The Morgan fingerprint density at radius 1 is 0.971 bits per heavy atom. The van der Waals surface area contributed by atoms with Gasteiger partial charge in [-0.05, 0) is 24.6 Å². The van der Waals surface area contributed by atoms with Crippen LogP contribution in [0.5, 0.6) is 17.2 Å². The number of hydrogen-bond acceptors (Lipinski definition) is 7. The number of rotatable bonds is 9. The third kappa shape index (κ3) is 5.29. The van der Waals surface area contributed by atoms with Gasteiger partial charge >= 0.3 is 0 Å². The summed E-state index contributed by atoms with van der Waals surface area (Å²) in [6.45, 7) is 2.46. The van der Waals surface area contributed by atoms with Gasteiger partial charge < -0.3 is 19.1 Å². The van der Waals surface area contributed by atoms with Gasteiger partial charge in [-0.2, -0.15) is 0 Å². The Labute approximate surface area is 207 Å². The molecule has 1 heterocycles. The molecule has 0 spiro atoms. The van der Waals surface area contributed by atoms with Gasteiger partial charge in [0.2, 0.25) is 11.7 Å². The maximum absolute atomic E-state index is 13.5. The maximum atomic E-state index is 13.5. The molecule has 34 heavy (non-hydrogen) atoms. The number of para-hydroxylation sites is 1. The molecule has 1 aromatic heterocycles. The molecule has 176 valence electrons. The molecule has 6 nitrogen and oxygen atoms in total. The molecule has 4 aromatic rings. The standard InChI is InChI=1S/C26H26N2O4S2/c1-17-9-11-18(12-10-17)15-28(19-13-21(30-2)25(32-4)22(14-19)31-3)24(29)16-33-26-27-20-7-5-6-8-23(20)34-26/h5-14H,15-16H2,1-4H3. The first kappa shape index (κ1) is 23.9. The molecule has 0 aliphatic heterocycles. The van der Waals surface area contributed by atoms with Crippen LogP contribution in [0.2, 0.25) is 0 Å².